The zero-order chi connectivity index (χ0) is 15.9. The van der Waals surface area contributed by atoms with Gasteiger partial charge < -0.3 is 4.74 Å². The molecule has 1 aromatic rings. The van der Waals surface area contributed by atoms with Crippen LogP contribution in [0.25, 0.3) is 0 Å². The molecule has 0 radical (unpaired) electrons. The van der Waals surface area contributed by atoms with E-state index in [4.69, 9.17) is 9.94 Å². The number of benzene rings is 1. The summed E-state index contributed by atoms with van der Waals surface area (Å²) in [4.78, 5) is 22.5. The highest BCUT2D eigenvalue weighted by Gasteiger charge is 2.15. The molecule has 2 amide bonds. The summed E-state index contributed by atoms with van der Waals surface area (Å²) in [5, 5.41) is 11.0. The lowest BCUT2D eigenvalue weighted by Gasteiger charge is -2.19. The van der Waals surface area contributed by atoms with Crippen LogP contribution in [0.2, 0.25) is 0 Å². The van der Waals surface area contributed by atoms with Crippen molar-refractivity contribution in [3.8, 4) is 0 Å². The van der Waals surface area contributed by atoms with Gasteiger partial charge in [0.25, 0.3) is 0 Å². The van der Waals surface area contributed by atoms with Crippen LogP contribution in [0.4, 0.5) is 10.5 Å². The number of hydrogen-bond donors (Lipinski definition) is 3. The predicted molar refractivity (Wildman–Crippen MR) is 79.2 cm³/mol. The molecule has 0 aliphatic carbocycles. The molecule has 1 aromatic carbocycles. The van der Waals surface area contributed by atoms with Crippen molar-refractivity contribution in [2.45, 2.75) is 45.6 Å². The molecule has 1 rings (SSSR count). The monoisotopic (exact) mass is 294 g/mol. The van der Waals surface area contributed by atoms with Crippen LogP contribution in [0.3, 0.4) is 0 Å². The molecule has 0 aliphatic rings. The Morgan fingerprint density at radius 3 is 2.33 bits per heavy atom. The number of amides is 2. The molecule has 0 spiro atoms. The summed E-state index contributed by atoms with van der Waals surface area (Å²) >= 11 is 0. The van der Waals surface area contributed by atoms with Crippen molar-refractivity contribution in [2.75, 3.05) is 5.32 Å². The number of rotatable bonds is 5. The molecule has 0 saturated carbocycles. The van der Waals surface area contributed by atoms with Gasteiger partial charge in [-0.3, -0.25) is 15.3 Å². The van der Waals surface area contributed by atoms with Crippen molar-refractivity contribution in [2.24, 2.45) is 0 Å². The van der Waals surface area contributed by atoms with Gasteiger partial charge in [0.15, 0.2) is 0 Å². The van der Waals surface area contributed by atoms with Gasteiger partial charge in [0, 0.05) is 12.1 Å². The molecule has 3 N–H and O–H groups in total. The molecule has 21 heavy (non-hydrogen) atoms. The maximum atomic E-state index is 11.6. The van der Waals surface area contributed by atoms with Crippen LogP contribution in [-0.4, -0.2) is 22.8 Å². The molecule has 0 aromatic heterocycles. The van der Waals surface area contributed by atoms with Crippen LogP contribution >= 0.6 is 0 Å². The number of nitrogens with one attached hydrogen (secondary N) is 2. The van der Waals surface area contributed by atoms with Gasteiger partial charge in [-0.2, -0.15) is 0 Å². The molecule has 6 heteroatoms. The van der Waals surface area contributed by atoms with Gasteiger partial charge in [0.1, 0.15) is 5.60 Å². The van der Waals surface area contributed by atoms with E-state index < -0.39 is 17.6 Å². The number of aryl methyl sites for hydroxylation is 1. The molecule has 116 valence electrons. The number of ether oxygens (including phenoxy) is 1. The average Bonchev–Trinajstić information content (AvgIpc) is 2.38. The van der Waals surface area contributed by atoms with Crippen LogP contribution in [0.5, 0.6) is 0 Å². The lowest BCUT2D eigenvalue weighted by molar-refractivity contribution is -0.129. The fourth-order valence-corrected chi connectivity index (χ4v) is 1.69. The first-order valence-corrected chi connectivity index (χ1v) is 6.82. The predicted octanol–water partition coefficient (Wildman–Crippen LogP) is 2.86. The lowest BCUT2D eigenvalue weighted by Crippen LogP contribution is -2.27. The third kappa shape index (κ3) is 7.31. The normalized spacial score (nSPS) is 10.9. The highest BCUT2D eigenvalue weighted by Crippen LogP contribution is 2.14. The van der Waals surface area contributed by atoms with E-state index >= 15 is 0 Å². The number of carbonyl (C=O) groups is 2. The van der Waals surface area contributed by atoms with E-state index in [1.54, 1.807) is 38.4 Å². The fourth-order valence-electron chi connectivity index (χ4n) is 1.69. The second-order valence-electron chi connectivity index (χ2n) is 5.71. The molecule has 6 nitrogen and oxygen atoms in total. The summed E-state index contributed by atoms with van der Waals surface area (Å²) in [6.45, 7) is 5.41. The van der Waals surface area contributed by atoms with Crippen LogP contribution in [0, 0.1) is 0 Å². The van der Waals surface area contributed by atoms with Gasteiger partial charge >= 0.3 is 6.09 Å². The average molecular weight is 294 g/mol. The second-order valence-corrected chi connectivity index (χ2v) is 5.71. The number of carbonyl (C=O) groups excluding carboxylic acids is 2. The van der Waals surface area contributed by atoms with E-state index in [1.165, 1.54) is 0 Å². The number of hydroxylamine groups is 1. The van der Waals surface area contributed by atoms with Gasteiger partial charge in [-0.1, -0.05) is 12.1 Å². The third-order valence-electron chi connectivity index (χ3n) is 2.59. The van der Waals surface area contributed by atoms with E-state index in [1.807, 2.05) is 12.1 Å². The van der Waals surface area contributed by atoms with Crippen molar-refractivity contribution in [3.05, 3.63) is 29.8 Å². The van der Waals surface area contributed by atoms with Crippen molar-refractivity contribution in [1.82, 2.24) is 5.48 Å². The van der Waals surface area contributed by atoms with Crippen LogP contribution in [0.15, 0.2) is 24.3 Å². The maximum Gasteiger partial charge on any atom is 0.412 e. The summed E-state index contributed by atoms with van der Waals surface area (Å²) in [6, 6.07) is 7.32. The Hall–Kier alpha value is -2.08. The van der Waals surface area contributed by atoms with Crippen molar-refractivity contribution >= 4 is 17.7 Å². The SMILES string of the molecule is CC(C)(C)OC(=O)Nc1ccc(CCCC(=O)NO)cc1. The minimum absolute atomic E-state index is 0.272. The number of anilines is 1. The van der Waals surface area contributed by atoms with Gasteiger partial charge in [0.05, 0.1) is 0 Å². The molecular formula is C15H22N2O4. The van der Waals surface area contributed by atoms with E-state index in [9.17, 15) is 9.59 Å². The zero-order valence-electron chi connectivity index (χ0n) is 12.6. The standard InChI is InChI=1S/C15H22N2O4/c1-15(2,3)21-14(19)16-12-9-7-11(8-10-12)5-4-6-13(18)17-20/h7-10,20H,4-6H2,1-3H3,(H,16,19)(H,17,18). The van der Waals surface area contributed by atoms with Crippen molar-refractivity contribution in [3.63, 3.8) is 0 Å². The summed E-state index contributed by atoms with van der Waals surface area (Å²) in [7, 11) is 0. The van der Waals surface area contributed by atoms with Crippen molar-refractivity contribution in [1.29, 1.82) is 0 Å². The van der Waals surface area contributed by atoms with Gasteiger partial charge in [-0.25, -0.2) is 10.3 Å². The maximum absolute atomic E-state index is 11.6. The molecule has 0 aliphatic heterocycles. The number of hydrogen-bond acceptors (Lipinski definition) is 4. The van der Waals surface area contributed by atoms with Crippen LogP contribution < -0.4 is 10.8 Å². The Morgan fingerprint density at radius 1 is 1.19 bits per heavy atom. The highest BCUT2D eigenvalue weighted by molar-refractivity contribution is 5.84. The van der Waals surface area contributed by atoms with Gasteiger partial charge in [-0.15, -0.1) is 0 Å². The largest absolute Gasteiger partial charge is 0.444 e. The summed E-state index contributed by atoms with van der Waals surface area (Å²) < 4.78 is 5.16. The molecule has 0 bridgehead atoms. The Labute approximate surface area is 124 Å². The Morgan fingerprint density at radius 2 is 1.81 bits per heavy atom. The Balaban J connectivity index is 2.43. The molecule has 0 fully saturated rings. The van der Waals surface area contributed by atoms with E-state index in [-0.39, 0.29) is 6.42 Å². The zero-order valence-corrected chi connectivity index (χ0v) is 12.6. The molecule has 0 atom stereocenters. The summed E-state index contributed by atoms with van der Waals surface area (Å²) in [5.74, 6) is -0.391. The highest BCUT2D eigenvalue weighted by atomic mass is 16.6. The van der Waals surface area contributed by atoms with Gasteiger partial charge in [0.2, 0.25) is 5.91 Å². The smallest absolute Gasteiger partial charge is 0.412 e. The Kier molecular flexibility index (Phi) is 6.17. The van der Waals surface area contributed by atoms with E-state index in [0.717, 1.165) is 12.0 Å². The first kappa shape index (κ1) is 17.0. The topological polar surface area (TPSA) is 87.7 Å². The minimum Gasteiger partial charge on any atom is -0.444 e. The Bertz CT molecular complexity index is 477. The van der Waals surface area contributed by atoms with Crippen LogP contribution in [0.1, 0.15) is 39.2 Å². The fraction of sp³-hybridized carbons (Fsp3) is 0.467. The quantitative estimate of drug-likeness (QED) is 0.575. The lowest BCUT2D eigenvalue weighted by atomic mass is 10.1. The first-order chi connectivity index (χ1) is 9.80. The van der Waals surface area contributed by atoms with Gasteiger partial charge in [-0.05, 0) is 51.3 Å². The first-order valence-electron chi connectivity index (χ1n) is 6.82. The second kappa shape index (κ2) is 7.64. The summed E-state index contributed by atoms with van der Waals surface area (Å²) in [5.41, 5.74) is 2.77. The molecule has 0 unspecified atom stereocenters. The van der Waals surface area contributed by atoms with E-state index in [2.05, 4.69) is 5.32 Å². The molecular weight excluding hydrogens is 272 g/mol. The van der Waals surface area contributed by atoms with Crippen LogP contribution in [-0.2, 0) is 16.0 Å². The molecule has 0 saturated heterocycles. The summed E-state index contributed by atoms with van der Waals surface area (Å²) in [6.07, 6.45) is 1.15. The van der Waals surface area contributed by atoms with E-state index in [0.29, 0.717) is 12.1 Å². The third-order valence-corrected chi connectivity index (χ3v) is 2.59. The minimum atomic E-state index is -0.530. The molecule has 0 heterocycles. The van der Waals surface area contributed by atoms with Crippen molar-refractivity contribution < 1.29 is 19.5 Å².